The van der Waals surface area contributed by atoms with Gasteiger partial charge >= 0.3 is 102 Å². The third kappa shape index (κ3) is 8.49. The number of unbranched alkanes of at least 4 members (excludes halogenated alkanes) is 3. The Morgan fingerprint density at radius 1 is 1.19 bits per heavy atom. The van der Waals surface area contributed by atoms with Crippen molar-refractivity contribution in [1.29, 1.82) is 0 Å². The SMILES string of the molecule is CCCCCC[O][Sn](=[O])[CH2]C(F)C(F)CF. The fourth-order valence-electron chi connectivity index (χ4n) is 1.16. The summed E-state index contributed by atoms with van der Waals surface area (Å²) >= 11 is -3.46. The minimum atomic E-state index is -3.46. The van der Waals surface area contributed by atoms with Crippen molar-refractivity contribution in [1.82, 2.24) is 0 Å². The van der Waals surface area contributed by atoms with Gasteiger partial charge in [0.15, 0.2) is 0 Å². The molecular weight excluding hydrogens is 328 g/mol. The van der Waals surface area contributed by atoms with Crippen LogP contribution in [0.5, 0.6) is 0 Å². The molecule has 2 atom stereocenters. The van der Waals surface area contributed by atoms with Gasteiger partial charge in [0.2, 0.25) is 0 Å². The predicted octanol–water partition coefficient (Wildman–Crippen LogP) is 3.15. The molecule has 0 aliphatic heterocycles. The van der Waals surface area contributed by atoms with Gasteiger partial charge in [-0.1, -0.05) is 0 Å². The van der Waals surface area contributed by atoms with E-state index in [4.69, 9.17) is 3.07 Å². The molecule has 2 unspecified atom stereocenters. The Kier molecular flexibility index (Phi) is 10.7. The standard InChI is InChI=1S/C6H13O.C4H6F3.O.Sn/c1-2-3-4-5-6-7;1-3(6)4(7)2-5;;/h2-6H2,1H3;3-4H,1-2H2;;/q-1;;;+1. The van der Waals surface area contributed by atoms with Crippen LogP contribution in [0.1, 0.15) is 32.6 Å². The Balaban J connectivity index is 3.51. The molecule has 0 aliphatic carbocycles. The summed E-state index contributed by atoms with van der Waals surface area (Å²) in [6.07, 6.45) is -0.182. The fourth-order valence-corrected chi connectivity index (χ4v) is 4.19. The summed E-state index contributed by atoms with van der Waals surface area (Å²) < 4.78 is 52.8. The molecule has 0 amide bonds. The summed E-state index contributed by atoms with van der Waals surface area (Å²) in [6, 6.07) is 0. The van der Waals surface area contributed by atoms with Crippen LogP contribution in [0.25, 0.3) is 0 Å². The first-order valence-corrected chi connectivity index (χ1v) is 9.96. The molecule has 0 aromatic rings. The second-order valence-electron chi connectivity index (χ2n) is 3.67. The van der Waals surface area contributed by atoms with Gasteiger partial charge in [-0.05, 0) is 0 Å². The van der Waals surface area contributed by atoms with Crippen LogP contribution < -0.4 is 0 Å². The van der Waals surface area contributed by atoms with Crippen molar-refractivity contribution in [2.75, 3.05) is 13.3 Å². The molecule has 0 aliphatic rings. The van der Waals surface area contributed by atoms with E-state index in [0.29, 0.717) is 6.61 Å². The number of hydrogen-bond donors (Lipinski definition) is 0. The first kappa shape index (κ1) is 16.3. The summed E-state index contributed by atoms with van der Waals surface area (Å²) in [5.41, 5.74) is 0. The summed E-state index contributed by atoms with van der Waals surface area (Å²) in [5.74, 6) is 0. The molecule has 16 heavy (non-hydrogen) atoms. The molecule has 0 radical (unpaired) electrons. The second kappa shape index (κ2) is 10.5. The van der Waals surface area contributed by atoms with Crippen molar-refractivity contribution < 1.29 is 19.3 Å². The maximum absolute atomic E-state index is 12.8. The van der Waals surface area contributed by atoms with E-state index in [1.165, 1.54) is 0 Å². The summed E-state index contributed by atoms with van der Waals surface area (Å²) in [5, 5.41) is 0. The van der Waals surface area contributed by atoms with E-state index < -0.39 is 43.6 Å². The van der Waals surface area contributed by atoms with E-state index in [1.807, 2.05) is 0 Å². The third-order valence-electron chi connectivity index (χ3n) is 2.16. The summed E-state index contributed by atoms with van der Waals surface area (Å²) in [4.78, 5) is 0. The molecule has 0 heterocycles. The van der Waals surface area contributed by atoms with Crippen molar-refractivity contribution in [2.24, 2.45) is 0 Å². The van der Waals surface area contributed by atoms with Crippen LogP contribution in [0.4, 0.5) is 13.2 Å². The topological polar surface area (TPSA) is 26.3 Å². The van der Waals surface area contributed by atoms with Crippen LogP contribution >= 0.6 is 0 Å². The number of hydrogen-bond acceptors (Lipinski definition) is 2. The van der Waals surface area contributed by atoms with Gasteiger partial charge in [-0.2, -0.15) is 0 Å². The zero-order valence-corrected chi connectivity index (χ0v) is 12.4. The normalized spacial score (nSPS) is 14.8. The summed E-state index contributed by atoms with van der Waals surface area (Å²) in [6.45, 7) is 1.05. The van der Waals surface area contributed by atoms with Gasteiger partial charge in [0.05, 0.1) is 0 Å². The van der Waals surface area contributed by atoms with E-state index in [9.17, 15) is 16.2 Å². The van der Waals surface area contributed by atoms with Gasteiger partial charge in [0.1, 0.15) is 0 Å². The van der Waals surface area contributed by atoms with Gasteiger partial charge < -0.3 is 0 Å². The number of rotatable bonds is 10. The van der Waals surface area contributed by atoms with E-state index in [2.05, 4.69) is 6.92 Å². The summed E-state index contributed by atoms with van der Waals surface area (Å²) in [7, 11) is 0. The van der Waals surface area contributed by atoms with Crippen LogP contribution in [0.3, 0.4) is 0 Å². The molecule has 0 fully saturated rings. The Labute approximate surface area is 102 Å². The van der Waals surface area contributed by atoms with Crippen LogP contribution in [-0.4, -0.2) is 45.8 Å². The van der Waals surface area contributed by atoms with E-state index in [0.717, 1.165) is 25.7 Å². The van der Waals surface area contributed by atoms with Crippen molar-refractivity contribution in [2.45, 2.75) is 49.4 Å². The molecule has 6 heteroatoms. The molecule has 96 valence electrons. The van der Waals surface area contributed by atoms with Gasteiger partial charge in [-0.3, -0.25) is 0 Å². The Bertz CT molecular complexity index is 193. The Morgan fingerprint density at radius 2 is 1.88 bits per heavy atom. The monoisotopic (exact) mass is 348 g/mol. The van der Waals surface area contributed by atoms with Crippen molar-refractivity contribution >= 4 is 20.2 Å². The third-order valence-corrected chi connectivity index (χ3v) is 5.73. The van der Waals surface area contributed by atoms with Gasteiger partial charge in [-0.25, -0.2) is 0 Å². The first-order valence-electron chi connectivity index (χ1n) is 5.61. The molecular formula is C10H19F3O2Sn. The van der Waals surface area contributed by atoms with Crippen molar-refractivity contribution in [3.05, 3.63) is 0 Å². The molecule has 0 saturated carbocycles. The molecule has 0 N–H and O–H groups in total. The Morgan fingerprint density at radius 3 is 2.44 bits per heavy atom. The first-order chi connectivity index (χ1) is 7.61. The number of halogens is 3. The van der Waals surface area contributed by atoms with Crippen LogP contribution in [0.15, 0.2) is 0 Å². The maximum atomic E-state index is 12.8. The molecule has 0 rings (SSSR count). The Hall–Kier alpha value is 0.349. The van der Waals surface area contributed by atoms with Crippen molar-refractivity contribution in [3.63, 3.8) is 0 Å². The van der Waals surface area contributed by atoms with E-state index in [1.54, 1.807) is 0 Å². The van der Waals surface area contributed by atoms with Gasteiger partial charge in [0.25, 0.3) is 0 Å². The van der Waals surface area contributed by atoms with E-state index in [-0.39, 0.29) is 0 Å². The fraction of sp³-hybridized carbons (Fsp3) is 1.00. The zero-order chi connectivity index (χ0) is 12.4. The van der Waals surface area contributed by atoms with Crippen molar-refractivity contribution in [3.8, 4) is 0 Å². The van der Waals surface area contributed by atoms with Crippen LogP contribution in [-0.2, 0) is 6.15 Å². The minimum absolute atomic E-state index is 0.345. The molecule has 0 aromatic carbocycles. The second-order valence-corrected chi connectivity index (χ2v) is 7.78. The van der Waals surface area contributed by atoms with E-state index >= 15 is 0 Å². The molecule has 0 bridgehead atoms. The van der Waals surface area contributed by atoms with Gasteiger partial charge in [-0.15, -0.1) is 0 Å². The molecule has 2 nitrogen and oxygen atoms in total. The zero-order valence-electron chi connectivity index (χ0n) is 9.55. The average molecular weight is 347 g/mol. The molecule has 0 saturated heterocycles. The predicted molar refractivity (Wildman–Crippen MR) is 57.1 cm³/mol. The van der Waals surface area contributed by atoms with Crippen LogP contribution in [0, 0.1) is 0 Å². The van der Waals surface area contributed by atoms with Gasteiger partial charge in [0, 0.05) is 0 Å². The average Bonchev–Trinajstić information content (AvgIpc) is 2.27. The molecule has 0 aromatic heterocycles. The quantitative estimate of drug-likeness (QED) is 0.448. The number of alkyl halides is 3. The van der Waals surface area contributed by atoms with Crippen LogP contribution in [0.2, 0.25) is 4.44 Å². The molecule has 0 spiro atoms.